The zero-order valence-electron chi connectivity index (χ0n) is 8.76. The van der Waals surface area contributed by atoms with Crippen LogP contribution in [0.1, 0.15) is 18.4 Å². The van der Waals surface area contributed by atoms with Gasteiger partial charge in [0.2, 0.25) is 0 Å². The van der Waals surface area contributed by atoms with E-state index in [1.165, 1.54) is 12.8 Å². The van der Waals surface area contributed by atoms with Crippen LogP contribution >= 0.6 is 0 Å². The number of nitrogens with zero attached hydrogens (tertiary/aromatic N) is 2. The molecule has 0 bridgehead atoms. The summed E-state index contributed by atoms with van der Waals surface area (Å²) in [6.45, 7) is 1.37. The first-order valence-corrected chi connectivity index (χ1v) is 5.37. The van der Waals surface area contributed by atoms with Crippen molar-refractivity contribution in [2.24, 2.45) is 5.73 Å². The fourth-order valence-corrected chi connectivity index (χ4v) is 1.84. The van der Waals surface area contributed by atoms with Crippen molar-refractivity contribution in [3.63, 3.8) is 0 Å². The van der Waals surface area contributed by atoms with Gasteiger partial charge in [0.05, 0.1) is 18.5 Å². The molecule has 15 heavy (non-hydrogen) atoms. The Morgan fingerprint density at radius 2 is 2.33 bits per heavy atom. The van der Waals surface area contributed by atoms with E-state index in [2.05, 4.69) is 9.88 Å². The van der Waals surface area contributed by atoms with Crippen LogP contribution in [0.15, 0.2) is 18.5 Å². The van der Waals surface area contributed by atoms with Crippen molar-refractivity contribution >= 4 is 5.69 Å². The van der Waals surface area contributed by atoms with Crippen molar-refractivity contribution in [3.8, 4) is 0 Å². The fourth-order valence-electron chi connectivity index (χ4n) is 1.84. The maximum atomic E-state index is 9.04. The van der Waals surface area contributed by atoms with Gasteiger partial charge in [0.1, 0.15) is 0 Å². The molecule has 0 saturated heterocycles. The van der Waals surface area contributed by atoms with E-state index in [1.807, 2.05) is 12.3 Å². The molecule has 0 aliphatic heterocycles. The highest BCUT2D eigenvalue weighted by atomic mass is 16.3. The molecule has 1 aromatic rings. The van der Waals surface area contributed by atoms with Gasteiger partial charge in [0.25, 0.3) is 0 Å². The first-order chi connectivity index (χ1) is 7.36. The second-order valence-corrected chi connectivity index (χ2v) is 3.86. The van der Waals surface area contributed by atoms with Crippen molar-refractivity contribution in [1.82, 2.24) is 4.98 Å². The van der Waals surface area contributed by atoms with E-state index < -0.39 is 0 Å². The van der Waals surface area contributed by atoms with Crippen LogP contribution in [0, 0.1) is 0 Å². The van der Waals surface area contributed by atoms with Gasteiger partial charge in [-0.2, -0.15) is 0 Å². The molecule has 1 aliphatic carbocycles. The minimum absolute atomic E-state index is 0.176. The monoisotopic (exact) mass is 207 g/mol. The van der Waals surface area contributed by atoms with Gasteiger partial charge in [-0.1, -0.05) is 0 Å². The molecule has 82 valence electrons. The summed E-state index contributed by atoms with van der Waals surface area (Å²) in [5.74, 6) is 0. The Labute approximate surface area is 89.7 Å². The Bertz CT molecular complexity index is 325. The van der Waals surface area contributed by atoms with Gasteiger partial charge >= 0.3 is 0 Å². The molecule has 0 amide bonds. The van der Waals surface area contributed by atoms with Crippen LogP contribution in [0.5, 0.6) is 0 Å². The molecular weight excluding hydrogens is 190 g/mol. The van der Waals surface area contributed by atoms with Gasteiger partial charge in [-0.3, -0.25) is 4.98 Å². The molecule has 1 aliphatic rings. The van der Waals surface area contributed by atoms with E-state index in [-0.39, 0.29) is 6.61 Å². The molecule has 4 heteroatoms. The average molecular weight is 207 g/mol. The lowest BCUT2D eigenvalue weighted by atomic mass is 10.2. The minimum atomic E-state index is 0.176. The molecule has 4 nitrogen and oxygen atoms in total. The van der Waals surface area contributed by atoms with E-state index in [1.54, 1.807) is 6.20 Å². The van der Waals surface area contributed by atoms with Gasteiger partial charge in [0.15, 0.2) is 0 Å². The van der Waals surface area contributed by atoms with Crippen LogP contribution < -0.4 is 10.6 Å². The smallest absolute Gasteiger partial charge is 0.0606 e. The third-order valence-electron chi connectivity index (χ3n) is 2.75. The highest BCUT2D eigenvalue weighted by molar-refractivity contribution is 5.53. The first-order valence-electron chi connectivity index (χ1n) is 5.37. The fraction of sp³-hybridized carbons (Fsp3) is 0.545. The predicted octanol–water partition coefficient (Wildman–Crippen LogP) is 0.501. The zero-order valence-corrected chi connectivity index (χ0v) is 8.76. The topological polar surface area (TPSA) is 62.4 Å². The predicted molar refractivity (Wildman–Crippen MR) is 59.6 cm³/mol. The van der Waals surface area contributed by atoms with Crippen LogP contribution in [0.2, 0.25) is 0 Å². The summed E-state index contributed by atoms with van der Waals surface area (Å²) in [5, 5.41) is 9.04. The van der Waals surface area contributed by atoms with Crippen LogP contribution in [-0.2, 0) is 6.54 Å². The number of hydrogen-bond acceptors (Lipinski definition) is 4. The van der Waals surface area contributed by atoms with Crippen LogP contribution in [0.3, 0.4) is 0 Å². The van der Waals surface area contributed by atoms with Crippen molar-refractivity contribution in [3.05, 3.63) is 24.0 Å². The molecule has 0 atom stereocenters. The lowest BCUT2D eigenvalue weighted by molar-refractivity contribution is 0.301. The zero-order chi connectivity index (χ0) is 10.7. The number of aromatic nitrogens is 1. The molecule has 2 rings (SSSR count). The van der Waals surface area contributed by atoms with Crippen LogP contribution in [0.4, 0.5) is 5.69 Å². The Morgan fingerprint density at radius 1 is 1.53 bits per heavy atom. The second kappa shape index (κ2) is 4.59. The third kappa shape index (κ3) is 2.27. The van der Waals surface area contributed by atoms with Crippen molar-refractivity contribution in [2.45, 2.75) is 25.4 Å². The van der Waals surface area contributed by atoms with Gasteiger partial charge in [0, 0.05) is 25.3 Å². The summed E-state index contributed by atoms with van der Waals surface area (Å²) in [5.41, 5.74) is 7.87. The number of rotatable bonds is 5. The third-order valence-corrected chi connectivity index (χ3v) is 2.75. The minimum Gasteiger partial charge on any atom is -0.395 e. The standard InChI is InChI=1S/C11H17N3O/c12-7-9-3-4-13-8-11(9)14(5-6-15)10-1-2-10/h3-4,8,10,15H,1-2,5-7,12H2. The molecule has 0 spiro atoms. The number of nitrogens with two attached hydrogens (primary N) is 1. The Kier molecular flexibility index (Phi) is 3.18. The lowest BCUT2D eigenvalue weighted by Gasteiger charge is -2.25. The van der Waals surface area contributed by atoms with E-state index >= 15 is 0 Å². The average Bonchev–Trinajstić information content (AvgIpc) is 3.10. The molecule has 0 aromatic carbocycles. The maximum absolute atomic E-state index is 9.04. The Balaban J connectivity index is 2.23. The van der Waals surface area contributed by atoms with Gasteiger partial charge in [-0.15, -0.1) is 0 Å². The number of anilines is 1. The summed E-state index contributed by atoms with van der Waals surface area (Å²) in [6, 6.07) is 2.52. The Morgan fingerprint density at radius 3 is 2.93 bits per heavy atom. The van der Waals surface area contributed by atoms with Crippen molar-refractivity contribution < 1.29 is 5.11 Å². The van der Waals surface area contributed by atoms with Crippen LogP contribution in [0.25, 0.3) is 0 Å². The number of pyridine rings is 1. The molecule has 1 aromatic heterocycles. The maximum Gasteiger partial charge on any atom is 0.0606 e. The summed E-state index contributed by atoms with van der Waals surface area (Å²) < 4.78 is 0. The molecule has 3 N–H and O–H groups in total. The SMILES string of the molecule is NCc1ccncc1N(CCO)C1CC1. The molecule has 1 fully saturated rings. The Hall–Kier alpha value is -1.13. The van der Waals surface area contributed by atoms with Crippen LogP contribution in [-0.4, -0.2) is 29.3 Å². The lowest BCUT2D eigenvalue weighted by Crippen LogP contribution is -2.30. The first kappa shape index (κ1) is 10.4. The quantitative estimate of drug-likeness (QED) is 0.738. The van der Waals surface area contributed by atoms with Gasteiger partial charge < -0.3 is 15.7 Å². The van der Waals surface area contributed by atoms with E-state index in [0.717, 1.165) is 11.3 Å². The highest BCUT2D eigenvalue weighted by Crippen LogP contribution is 2.32. The molecule has 0 radical (unpaired) electrons. The van der Waals surface area contributed by atoms with E-state index in [0.29, 0.717) is 19.1 Å². The molecular formula is C11H17N3O. The van der Waals surface area contributed by atoms with Gasteiger partial charge in [-0.25, -0.2) is 0 Å². The van der Waals surface area contributed by atoms with Crippen molar-refractivity contribution in [2.75, 3.05) is 18.1 Å². The van der Waals surface area contributed by atoms with E-state index in [4.69, 9.17) is 10.8 Å². The number of aliphatic hydroxyl groups excluding tert-OH is 1. The number of aliphatic hydroxyl groups is 1. The molecule has 0 unspecified atom stereocenters. The second-order valence-electron chi connectivity index (χ2n) is 3.86. The number of hydrogen-bond donors (Lipinski definition) is 2. The van der Waals surface area contributed by atoms with Gasteiger partial charge in [-0.05, 0) is 24.5 Å². The molecule has 1 heterocycles. The normalized spacial score (nSPS) is 15.3. The summed E-state index contributed by atoms with van der Waals surface area (Å²) in [7, 11) is 0. The summed E-state index contributed by atoms with van der Waals surface area (Å²) in [6.07, 6.45) is 6.02. The summed E-state index contributed by atoms with van der Waals surface area (Å²) in [4.78, 5) is 6.35. The summed E-state index contributed by atoms with van der Waals surface area (Å²) >= 11 is 0. The molecule has 1 saturated carbocycles. The largest absolute Gasteiger partial charge is 0.395 e. The van der Waals surface area contributed by atoms with Crippen molar-refractivity contribution in [1.29, 1.82) is 0 Å². The van der Waals surface area contributed by atoms with E-state index in [9.17, 15) is 0 Å². The highest BCUT2D eigenvalue weighted by Gasteiger charge is 2.29.